The Morgan fingerprint density at radius 2 is 2.15 bits per heavy atom. The van der Waals surface area contributed by atoms with E-state index in [9.17, 15) is 0 Å². The summed E-state index contributed by atoms with van der Waals surface area (Å²) in [5.41, 5.74) is 2.87. The quantitative estimate of drug-likeness (QED) is 0.425. The van der Waals surface area contributed by atoms with Crippen molar-refractivity contribution in [3.63, 3.8) is 0 Å². The third-order valence-corrected chi connectivity index (χ3v) is 1.94. The summed E-state index contributed by atoms with van der Waals surface area (Å²) in [5.74, 6) is 6.01. The lowest BCUT2D eigenvalue weighted by molar-refractivity contribution is 0.413. The maximum absolute atomic E-state index is 5.21. The Morgan fingerprint density at radius 3 is 2.69 bits per heavy atom. The SMILES string of the molecule is COc1cc(C)ccc1/C(C)=N/N. The third kappa shape index (κ3) is 1.99. The molecule has 1 aromatic rings. The van der Waals surface area contributed by atoms with E-state index >= 15 is 0 Å². The van der Waals surface area contributed by atoms with Crippen molar-refractivity contribution >= 4 is 5.71 Å². The van der Waals surface area contributed by atoms with Crippen molar-refractivity contribution in [2.75, 3.05) is 7.11 Å². The average molecular weight is 178 g/mol. The third-order valence-electron chi connectivity index (χ3n) is 1.94. The van der Waals surface area contributed by atoms with Crippen LogP contribution in [0.15, 0.2) is 23.3 Å². The summed E-state index contributed by atoms with van der Waals surface area (Å²) in [6, 6.07) is 5.93. The van der Waals surface area contributed by atoms with Gasteiger partial charge in [-0.1, -0.05) is 6.07 Å². The maximum Gasteiger partial charge on any atom is 0.128 e. The van der Waals surface area contributed by atoms with Crippen molar-refractivity contribution in [1.29, 1.82) is 0 Å². The molecular formula is C10H14N2O. The van der Waals surface area contributed by atoms with E-state index in [4.69, 9.17) is 10.6 Å². The molecule has 0 radical (unpaired) electrons. The first kappa shape index (κ1) is 9.58. The number of ether oxygens (including phenoxy) is 1. The van der Waals surface area contributed by atoms with Crippen LogP contribution in [0.5, 0.6) is 5.75 Å². The number of hydrazone groups is 1. The topological polar surface area (TPSA) is 47.6 Å². The molecule has 2 N–H and O–H groups in total. The highest BCUT2D eigenvalue weighted by Crippen LogP contribution is 2.20. The minimum absolute atomic E-state index is 0.775. The van der Waals surface area contributed by atoms with E-state index in [0.29, 0.717) is 0 Å². The number of hydrogen-bond donors (Lipinski definition) is 1. The predicted molar refractivity (Wildman–Crippen MR) is 54.1 cm³/mol. The summed E-state index contributed by atoms with van der Waals surface area (Å²) in [7, 11) is 1.64. The molecule has 3 heteroatoms. The van der Waals surface area contributed by atoms with Gasteiger partial charge in [-0.25, -0.2) is 0 Å². The summed E-state index contributed by atoms with van der Waals surface area (Å²) >= 11 is 0. The molecule has 0 amide bonds. The molecule has 0 aliphatic heterocycles. The molecule has 1 rings (SSSR count). The van der Waals surface area contributed by atoms with Gasteiger partial charge in [0.25, 0.3) is 0 Å². The number of hydrogen-bond acceptors (Lipinski definition) is 3. The molecule has 0 fully saturated rings. The van der Waals surface area contributed by atoms with Gasteiger partial charge in [0.1, 0.15) is 5.75 Å². The lowest BCUT2D eigenvalue weighted by atomic mass is 10.1. The van der Waals surface area contributed by atoms with Crippen LogP contribution in [0, 0.1) is 6.92 Å². The van der Waals surface area contributed by atoms with Crippen molar-refractivity contribution in [1.82, 2.24) is 0 Å². The zero-order chi connectivity index (χ0) is 9.84. The van der Waals surface area contributed by atoms with Crippen molar-refractivity contribution in [3.05, 3.63) is 29.3 Å². The average Bonchev–Trinajstić information content (AvgIpc) is 2.16. The van der Waals surface area contributed by atoms with Gasteiger partial charge in [-0.05, 0) is 31.5 Å². The van der Waals surface area contributed by atoms with Gasteiger partial charge in [-0.3, -0.25) is 0 Å². The highest BCUT2D eigenvalue weighted by atomic mass is 16.5. The largest absolute Gasteiger partial charge is 0.496 e. The highest BCUT2D eigenvalue weighted by molar-refractivity contribution is 6.00. The Hall–Kier alpha value is -1.51. The van der Waals surface area contributed by atoms with Crippen LogP contribution in [0.25, 0.3) is 0 Å². The molecule has 0 aliphatic rings. The summed E-state index contributed by atoms with van der Waals surface area (Å²) in [6.07, 6.45) is 0. The molecule has 0 bridgehead atoms. The molecule has 0 atom stereocenters. The fourth-order valence-corrected chi connectivity index (χ4v) is 1.17. The van der Waals surface area contributed by atoms with Crippen molar-refractivity contribution < 1.29 is 4.74 Å². The Kier molecular flexibility index (Phi) is 2.90. The summed E-state index contributed by atoms with van der Waals surface area (Å²) in [4.78, 5) is 0. The highest BCUT2D eigenvalue weighted by Gasteiger charge is 2.05. The number of nitrogens with zero attached hydrogens (tertiary/aromatic N) is 1. The first-order valence-electron chi connectivity index (χ1n) is 4.08. The second-order valence-corrected chi connectivity index (χ2v) is 2.92. The van der Waals surface area contributed by atoms with Crippen molar-refractivity contribution in [2.24, 2.45) is 10.9 Å². The van der Waals surface area contributed by atoms with Gasteiger partial charge in [0.15, 0.2) is 0 Å². The number of aryl methyl sites for hydroxylation is 1. The maximum atomic E-state index is 5.21. The zero-order valence-electron chi connectivity index (χ0n) is 8.16. The minimum Gasteiger partial charge on any atom is -0.496 e. The molecule has 0 heterocycles. The standard InChI is InChI=1S/C10H14N2O/c1-7-4-5-9(8(2)12-11)10(6-7)13-3/h4-6H,11H2,1-3H3/b12-8+. The van der Waals surface area contributed by atoms with Crippen molar-refractivity contribution in [3.8, 4) is 5.75 Å². The second kappa shape index (κ2) is 3.94. The van der Waals surface area contributed by atoms with Gasteiger partial charge in [0, 0.05) is 5.56 Å². The molecule has 3 nitrogen and oxygen atoms in total. The molecule has 1 aromatic carbocycles. The Labute approximate surface area is 78.2 Å². The van der Waals surface area contributed by atoms with Gasteiger partial charge in [0.05, 0.1) is 12.8 Å². The van der Waals surface area contributed by atoms with E-state index in [1.165, 1.54) is 0 Å². The van der Waals surface area contributed by atoms with Gasteiger partial charge < -0.3 is 10.6 Å². The molecule has 70 valence electrons. The van der Waals surface area contributed by atoms with Crippen LogP contribution in [-0.4, -0.2) is 12.8 Å². The first-order chi connectivity index (χ1) is 6.19. The molecule has 0 aliphatic carbocycles. The van der Waals surface area contributed by atoms with Crippen LogP contribution in [-0.2, 0) is 0 Å². The Morgan fingerprint density at radius 1 is 1.46 bits per heavy atom. The van der Waals surface area contributed by atoms with Gasteiger partial charge in [0.2, 0.25) is 0 Å². The number of methoxy groups -OCH3 is 1. The Balaban J connectivity index is 3.21. The van der Waals surface area contributed by atoms with E-state index in [0.717, 1.165) is 22.6 Å². The van der Waals surface area contributed by atoms with Gasteiger partial charge in [-0.2, -0.15) is 5.10 Å². The second-order valence-electron chi connectivity index (χ2n) is 2.92. The smallest absolute Gasteiger partial charge is 0.128 e. The number of benzene rings is 1. The minimum atomic E-state index is 0.775. The van der Waals surface area contributed by atoms with Gasteiger partial charge >= 0.3 is 0 Å². The zero-order valence-corrected chi connectivity index (χ0v) is 8.16. The monoisotopic (exact) mass is 178 g/mol. The first-order valence-corrected chi connectivity index (χ1v) is 4.08. The van der Waals surface area contributed by atoms with Crippen LogP contribution >= 0.6 is 0 Å². The molecule has 0 unspecified atom stereocenters. The lowest BCUT2D eigenvalue weighted by Crippen LogP contribution is -2.01. The van der Waals surface area contributed by atoms with Crippen LogP contribution < -0.4 is 10.6 Å². The Bertz CT molecular complexity index is 332. The normalized spacial score (nSPS) is 11.5. The molecule has 13 heavy (non-hydrogen) atoms. The summed E-state index contributed by atoms with van der Waals surface area (Å²) in [5, 5.41) is 3.63. The van der Waals surface area contributed by atoms with E-state index in [1.807, 2.05) is 32.0 Å². The van der Waals surface area contributed by atoms with Crippen LogP contribution in [0.2, 0.25) is 0 Å². The number of nitrogens with two attached hydrogens (primary N) is 1. The van der Waals surface area contributed by atoms with Crippen LogP contribution in [0.3, 0.4) is 0 Å². The van der Waals surface area contributed by atoms with Gasteiger partial charge in [-0.15, -0.1) is 0 Å². The number of rotatable bonds is 2. The van der Waals surface area contributed by atoms with Crippen LogP contribution in [0.4, 0.5) is 0 Å². The van der Waals surface area contributed by atoms with E-state index in [-0.39, 0.29) is 0 Å². The fraction of sp³-hybridized carbons (Fsp3) is 0.300. The van der Waals surface area contributed by atoms with E-state index in [1.54, 1.807) is 7.11 Å². The lowest BCUT2D eigenvalue weighted by Gasteiger charge is -2.07. The van der Waals surface area contributed by atoms with Crippen LogP contribution in [0.1, 0.15) is 18.1 Å². The summed E-state index contributed by atoms with van der Waals surface area (Å²) < 4.78 is 5.21. The molecule has 0 saturated heterocycles. The molecule has 0 aromatic heterocycles. The van der Waals surface area contributed by atoms with E-state index < -0.39 is 0 Å². The molecule has 0 spiro atoms. The molecular weight excluding hydrogens is 164 g/mol. The summed E-state index contributed by atoms with van der Waals surface area (Å²) in [6.45, 7) is 3.87. The predicted octanol–water partition coefficient (Wildman–Crippen LogP) is 1.69. The van der Waals surface area contributed by atoms with Crippen molar-refractivity contribution in [2.45, 2.75) is 13.8 Å². The van der Waals surface area contributed by atoms with E-state index in [2.05, 4.69) is 5.10 Å². The fourth-order valence-electron chi connectivity index (χ4n) is 1.17. The molecule has 0 saturated carbocycles.